The predicted molar refractivity (Wildman–Crippen MR) is 116 cm³/mol. The monoisotopic (exact) mass is 477 g/mol. The fraction of sp³-hybridized carbons (Fsp3) is 0.174. The van der Waals surface area contributed by atoms with Gasteiger partial charge in [0.1, 0.15) is 11.6 Å². The molecule has 0 aliphatic heterocycles. The number of carbonyl (C=O) groups is 2. The number of rotatable bonds is 7. The van der Waals surface area contributed by atoms with E-state index in [2.05, 4.69) is 10.3 Å². The summed E-state index contributed by atoms with van der Waals surface area (Å²) in [5.74, 6) is -2.40. The van der Waals surface area contributed by atoms with E-state index in [4.69, 9.17) is 10.5 Å². The topological polar surface area (TPSA) is 114 Å². The predicted octanol–water partition coefficient (Wildman–Crippen LogP) is 3.88. The van der Waals surface area contributed by atoms with Gasteiger partial charge >= 0.3 is 6.18 Å². The molecule has 0 aliphatic carbocycles. The summed E-state index contributed by atoms with van der Waals surface area (Å²) in [6, 6.07) is 7.45. The largest absolute Gasteiger partial charge is 0.493 e. The second-order valence-corrected chi connectivity index (χ2v) is 7.20. The first-order chi connectivity index (χ1) is 16.0. The lowest BCUT2D eigenvalue weighted by Gasteiger charge is -2.13. The highest BCUT2D eigenvalue weighted by molar-refractivity contribution is 5.97. The molecule has 0 fully saturated rings. The van der Waals surface area contributed by atoms with Gasteiger partial charge in [0.05, 0.1) is 18.6 Å². The minimum atomic E-state index is -4.77. The summed E-state index contributed by atoms with van der Waals surface area (Å²) in [5.41, 5.74) is 3.56. The van der Waals surface area contributed by atoms with E-state index < -0.39 is 46.9 Å². The number of nitrogens with one attached hydrogen (secondary N) is 2. The third kappa shape index (κ3) is 5.80. The third-order valence-electron chi connectivity index (χ3n) is 4.73. The highest BCUT2D eigenvalue weighted by Gasteiger charge is 2.32. The van der Waals surface area contributed by atoms with Gasteiger partial charge in [-0.3, -0.25) is 14.4 Å². The number of hydrogen-bond acceptors (Lipinski definition) is 4. The number of aromatic nitrogens is 1. The number of primary amides is 1. The first-order valence-corrected chi connectivity index (χ1v) is 9.94. The molecule has 0 bridgehead atoms. The van der Waals surface area contributed by atoms with E-state index >= 15 is 0 Å². The lowest BCUT2D eigenvalue weighted by atomic mass is 10.0. The number of anilines is 1. The number of amides is 2. The van der Waals surface area contributed by atoms with Gasteiger partial charge in [-0.1, -0.05) is 12.1 Å². The van der Waals surface area contributed by atoms with E-state index in [9.17, 15) is 31.9 Å². The second kappa shape index (κ2) is 9.77. The van der Waals surface area contributed by atoms with Crippen LogP contribution in [-0.2, 0) is 17.4 Å². The summed E-state index contributed by atoms with van der Waals surface area (Å²) in [6.07, 6.45) is -3.88. The molecule has 0 spiro atoms. The molecule has 0 aliphatic rings. The third-order valence-corrected chi connectivity index (χ3v) is 4.73. The number of pyridine rings is 1. The van der Waals surface area contributed by atoms with Crippen LogP contribution in [0.5, 0.6) is 5.75 Å². The van der Waals surface area contributed by atoms with Crippen LogP contribution >= 0.6 is 0 Å². The molecule has 3 aromatic rings. The van der Waals surface area contributed by atoms with Crippen LogP contribution in [0, 0.1) is 5.82 Å². The maximum Gasteiger partial charge on any atom is 0.416 e. The zero-order chi connectivity index (χ0) is 25.0. The maximum absolute atomic E-state index is 14.7. The van der Waals surface area contributed by atoms with Gasteiger partial charge in [-0.25, -0.2) is 4.39 Å². The molecule has 178 valence electrons. The van der Waals surface area contributed by atoms with Crippen LogP contribution in [0.25, 0.3) is 11.1 Å². The van der Waals surface area contributed by atoms with E-state index in [0.29, 0.717) is 23.3 Å². The Morgan fingerprint density at radius 2 is 1.85 bits per heavy atom. The van der Waals surface area contributed by atoms with Crippen LogP contribution in [0.15, 0.2) is 53.5 Å². The fourth-order valence-corrected chi connectivity index (χ4v) is 3.20. The van der Waals surface area contributed by atoms with Crippen molar-refractivity contribution in [3.63, 3.8) is 0 Å². The zero-order valence-corrected chi connectivity index (χ0v) is 17.8. The number of hydrogen-bond donors (Lipinski definition) is 3. The standard InChI is InChI=1S/C23H19F4N3O4/c1-2-34-19-10-20(31)29-11-17(19)12-3-4-13(18(24)7-12)8-21(32)30-16-6-14(22(28)33)5-15(9-16)23(25,26)27/h3-7,9-11H,2,8H2,1H3,(H2,28,33)(H,29,31)(H,30,32). The fourth-order valence-electron chi connectivity index (χ4n) is 3.20. The summed E-state index contributed by atoms with van der Waals surface area (Å²) < 4.78 is 59.4. The Hall–Kier alpha value is -4.15. The minimum absolute atomic E-state index is 0.0225. The van der Waals surface area contributed by atoms with Crippen LogP contribution in [0.1, 0.15) is 28.4 Å². The van der Waals surface area contributed by atoms with Gasteiger partial charge in [0.25, 0.3) is 5.56 Å². The Labute approximate surface area is 190 Å². The van der Waals surface area contributed by atoms with Crippen molar-refractivity contribution in [1.82, 2.24) is 4.98 Å². The summed E-state index contributed by atoms with van der Waals surface area (Å²) >= 11 is 0. The number of ether oxygens (including phenoxy) is 1. The van der Waals surface area contributed by atoms with Gasteiger partial charge in [0.15, 0.2) is 0 Å². The first kappa shape index (κ1) is 24.5. The summed E-state index contributed by atoms with van der Waals surface area (Å²) in [7, 11) is 0. The van der Waals surface area contributed by atoms with Crippen LogP contribution < -0.4 is 21.3 Å². The van der Waals surface area contributed by atoms with Crippen molar-refractivity contribution in [3.05, 3.63) is 81.5 Å². The highest BCUT2D eigenvalue weighted by atomic mass is 19.4. The summed E-state index contributed by atoms with van der Waals surface area (Å²) in [5, 5.41) is 2.23. The van der Waals surface area contributed by atoms with Crippen molar-refractivity contribution in [2.75, 3.05) is 11.9 Å². The van der Waals surface area contributed by atoms with Gasteiger partial charge < -0.3 is 20.8 Å². The molecular formula is C23H19F4N3O4. The molecule has 11 heteroatoms. The summed E-state index contributed by atoms with van der Waals surface area (Å²) in [4.78, 5) is 37.7. The molecule has 0 saturated carbocycles. The molecule has 2 amide bonds. The smallest absolute Gasteiger partial charge is 0.416 e. The number of nitrogens with two attached hydrogens (primary N) is 1. The van der Waals surface area contributed by atoms with Crippen LogP contribution in [0.4, 0.5) is 23.2 Å². The van der Waals surface area contributed by atoms with Crippen molar-refractivity contribution in [3.8, 4) is 16.9 Å². The van der Waals surface area contributed by atoms with Crippen molar-refractivity contribution in [1.29, 1.82) is 0 Å². The Bertz CT molecular complexity index is 1300. The quantitative estimate of drug-likeness (QED) is 0.448. The number of H-pyrrole nitrogens is 1. The van der Waals surface area contributed by atoms with Crippen molar-refractivity contribution >= 4 is 17.5 Å². The Morgan fingerprint density at radius 1 is 1.12 bits per heavy atom. The molecule has 1 aromatic heterocycles. The summed E-state index contributed by atoms with van der Waals surface area (Å²) in [6.45, 7) is 2.01. The van der Waals surface area contributed by atoms with Crippen LogP contribution in [0.2, 0.25) is 0 Å². The molecule has 2 aromatic carbocycles. The van der Waals surface area contributed by atoms with Gasteiger partial charge in [-0.15, -0.1) is 0 Å². The maximum atomic E-state index is 14.7. The molecule has 34 heavy (non-hydrogen) atoms. The molecule has 0 radical (unpaired) electrons. The van der Waals surface area contributed by atoms with Gasteiger partial charge in [-0.2, -0.15) is 13.2 Å². The molecule has 0 atom stereocenters. The van der Waals surface area contributed by atoms with E-state index in [0.717, 1.165) is 12.1 Å². The van der Waals surface area contributed by atoms with E-state index in [1.54, 1.807) is 6.92 Å². The molecule has 7 nitrogen and oxygen atoms in total. The van der Waals surface area contributed by atoms with Gasteiger partial charge in [0, 0.05) is 29.1 Å². The Morgan fingerprint density at radius 3 is 2.47 bits per heavy atom. The lowest BCUT2D eigenvalue weighted by molar-refractivity contribution is -0.137. The van der Waals surface area contributed by atoms with Crippen molar-refractivity contribution < 1.29 is 31.9 Å². The highest BCUT2D eigenvalue weighted by Crippen LogP contribution is 2.32. The normalized spacial score (nSPS) is 11.2. The number of halogens is 4. The molecule has 4 N–H and O–H groups in total. The SMILES string of the molecule is CCOc1cc(=O)[nH]cc1-c1ccc(CC(=O)Nc2cc(C(N)=O)cc(C(F)(F)F)c2)c(F)c1. The van der Waals surface area contributed by atoms with E-state index in [1.165, 1.54) is 24.4 Å². The molecule has 0 unspecified atom stereocenters. The average molecular weight is 477 g/mol. The average Bonchev–Trinajstić information content (AvgIpc) is 2.74. The van der Waals surface area contributed by atoms with Crippen LogP contribution in [0.3, 0.4) is 0 Å². The lowest BCUT2D eigenvalue weighted by Crippen LogP contribution is -2.18. The first-order valence-electron chi connectivity index (χ1n) is 9.94. The zero-order valence-electron chi connectivity index (χ0n) is 17.8. The second-order valence-electron chi connectivity index (χ2n) is 7.20. The molecular weight excluding hydrogens is 458 g/mol. The van der Waals surface area contributed by atoms with E-state index in [1.807, 2.05) is 0 Å². The number of alkyl halides is 3. The van der Waals surface area contributed by atoms with Crippen molar-refractivity contribution in [2.24, 2.45) is 5.73 Å². The Balaban J connectivity index is 1.82. The Kier molecular flexibility index (Phi) is 7.04. The van der Waals surface area contributed by atoms with Gasteiger partial charge in [-0.05, 0) is 42.3 Å². The molecule has 1 heterocycles. The van der Waals surface area contributed by atoms with Gasteiger partial charge in [0.2, 0.25) is 11.8 Å². The number of benzene rings is 2. The number of aromatic amines is 1. The van der Waals surface area contributed by atoms with Crippen molar-refractivity contribution in [2.45, 2.75) is 19.5 Å². The molecule has 3 rings (SSSR count). The molecule has 0 saturated heterocycles. The minimum Gasteiger partial charge on any atom is -0.493 e. The van der Waals surface area contributed by atoms with Crippen LogP contribution in [-0.4, -0.2) is 23.4 Å². The number of carbonyl (C=O) groups excluding carboxylic acids is 2. The van der Waals surface area contributed by atoms with E-state index in [-0.39, 0.29) is 23.6 Å².